The first-order valence-electron chi connectivity index (χ1n) is 4.80. The van der Waals surface area contributed by atoms with Gasteiger partial charge in [0.15, 0.2) is 0 Å². The third-order valence-corrected chi connectivity index (χ3v) is 9.00. The van der Waals surface area contributed by atoms with Crippen LogP contribution in [0, 0.1) is 10.8 Å². The summed E-state index contributed by atoms with van der Waals surface area (Å²) < 4.78 is 2.50. The van der Waals surface area contributed by atoms with E-state index in [1.165, 1.54) is 13.1 Å². The maximum Gasteiger partial charge on any atom is 0.0757 e. The van der Waals surface area contributed by atoms with Gasteiger partial charge in [-0.25, -0.2) is 0 Å². The fourth-order valence-electron chi connectivity index (χ4n) is 2.49. The molecule has 0 aromatic carbocycles. The second-order valence-corrected chi connectivity index (χ2v) is 10.1. The molecule has 0 unspecified atom stereocenters. The van der Waals surface area contributed by atoms with E-state index in [-0.39, 0.29) is 15.2 Å². The first-order chi connectivity index (χ1) is 6.66. The van der Waals surface area contributed by atoms with Gasteiger partial charge in [-0.3, -0.25) is 0 Å². The Bertz CT molecular complexity index is 403. The lowest BCUT2D eigenvalue weighted by molar-refractivity contribution is 0.457. The molecular weight excluding hydrogens is 404 g/mol. The lowest BCUT2D eigenvalue weighted by atomic mass is 10.0. The molecule has 0 atom stereocenters. The summed E-state index contributed by atoms with van der Waals surface area (Å²) >= 11 is 12.9. The zero-order valence-corrected chi connectivity index (χ0v) is 14.7. The highest BCUT2D eigenvalue weighted by Crippen LogP contribution is 2.82. The number of hydrogen-bond acceptors (Lipinski definition) is 1. The van der Waals surface area contributed by atoms with Crippen LogP contribution >= 0.6 is 59.1 Å². The molecule has 0 radical (unpaired) electrons. The topological polar surface area (TPSA) is 0 Å². The molecule has 0 N–H and O–H groups in total. The Labute approximate surface area is 120 Å². The highest BCUT2D eigenvalue weighted by Gasteiger charge is 2.77. The van der Waals surface area contributed by atoms with E-state index in [0.29, 0.717) is 0 Å². The highest BCUT2D eigenvalue weighted by atomic mass is 79.9. The van der Waals surface area contributed by atoms with Crippen molar-refractivity contribution in [2.75, 3.05) is 0 Å². The van der Waals surface area contributed by atoms with Crippen LogP contribution in [0.15, 0.2) is 13.6 Å². The zero-order valence-electron chi connectivity index (χ0n) is 9.12. The summed E-state index contributed by atoms with van der Waals surface area (Å²) in [6.45, 7) is 9.28. The second-order valence-electron chi connectivity index (χ2n) is 5.15. The van der Waals surface area contributed by atoms with Gasteiger partial charge < -0.3 is 0 Å². The Kier molecular flexibility index (Phi) is 2.80. The minimum Gasteiger partial charge on any atom is -0.121 e. The molecule has 15 heavy (non-hydrogen) atoms. The lowest BCUT2D eigenvalue weighted by Crippen LogP contribution is -2.05. The average Bonchev–Trinajstić information content (AvgIpc) is 2.43. The van der Waals surface area contributed by atoms with E-state index < -0.39 is 0 Å². The van der Waals surface area contributed by atoms with Crippen molar-refractivity contribution < 1.29 is 0 Å². The van der Waals surface area contributed by atoms with Crippen LogP contribution in [0.5, 0.6) is 0 Å². The normalized spacial score (nSPS) is 25.3. The molecule has 1 saturated carbocycles. The highest BCUT2D eigenvalue weighted by molar-refractivity contribution is 9.12. The molecule has 4 heteroatoms. The maximum absolute atomic E-state index is 3.96. The van der Waals surface area contributed by atoms with Gasteiger partial charge in [-0.2, -0.15) is 0 Å². The van der Waals surface area contributed by atoms with Crippen molar-refractivity contribution >= 4 is 59.1 Å². The summed E-state index contributed by atoms with van der Waals surface area (Å²) in [5, 5.41) is 0. The fraction of sp³-hybridized carbons (Fsp3) is 0.636. The van der Waals surface area contributed by atoms with Gasteiger partial charge in [0.25, 0.3) is 0 Å². The van der Waals surface area contributed by atoms with Crippen LogP contribution in [-0.4, -0.2) is 0 Å². The molecule has 1 fully saturated rings. The van der Waals surface area contributed by atoms with Crippen molar-refractivity contribution in [3.05, 3.63) is 19.2 Å². The molecule has 0 amide bonds. The number of rotatable bonds is 1. The van der Waals surface area contributed by atoms with Crippen molar-refractivity contribution in [3.8, 4) is 0 Å². The molecule has 1 aliphatic carbocycles. The maximum atomic E-state index is 3.96. The molecule has 0 spiro atoms. The molecule has 0 bridgehead atoms. The van der Waals surface area contributed by atoms with Gasteiger partial charge >= 0.3 is 0 Å². The van der Waals surface area contributed by atoms with E-state index in [4.69, 9.17) is 0 Å². The first kappa shape index (κ1) is 12.6. The zero-order chi connectivity index (χ0) is 11.6. The SMILES string of the molecule is CC1(C)C(C)(C)C1(Br)c1cc(Br)sc1Br. The minimum absolute atomic E-state index is 0.0916. The van der Waals surface area contributed by atoms with Crippen molar-refractivity contribution in [2.45, 2.75) is 32.0 Å². The second kappa shape index (κ2) is 3.33. The van der Waals surface area contributed by atoms with Gasteiger partial charge in [-0.15, -0.1) is 11.3 Å². The molecule has 0 aliphatic heterocycles. The van der Waals surface area contributed by atoms with E-state index >= 15 is 0 Å². The molecule has 1 aliphatic rings. The molecule has 1 heterocycles. The van der Waals surface area contributed by atoms with Crippen LogP contribution < -0.4 is 0 Å². The van der Waals surface area contributed by atoms with Gasteiger partial charge in [0, 0.05) is 0 Å². The lowest BCUT2D eigenvalue weighted by Gasteiger charge is -2.12. The number of thiophene rings is 1. The summed E-state index contributed by atoms with van der Waals surface area (Å²) in [5.74, 6) is 0. The standard InChI is InChI=1S/C11H13Br3S/c1-9(2)10(3,4)11(9,14)6-5-7(12)15-8(6)13/h5H,1-4H3. The van der Waals surface area contributed by atoms with E-state index in [0.717, 1.165) is 0 Å². The molecule has 84 valence electrons. The number of alkyl halides is 1. The van der Waals surface area contributed by atoms with Crippen molar-refractivity contribution in [3.63, 3.8) is 0 Å². The molecule has 0 nitrogen and oxygen atoms in total. The summed E-state index contributed by atoms with van der Waals surface area (Å²) in [4.78, 5) is 0. The van der Waals surface area contributed by atoms with Crippen LogP contribution in [0.3, 0.4) is 0 Å². The van der Waals surface area contributed by atoms with Crippen molar-refractivity contribution in [1.29, 1.82) is 0 Å². The van der Waals surface area contributed by atoms with Crippen LogP contribution in [0.2, 0.25) is 0 Å². The predicted molar refractivity (Wildman–Crippen MR) is 77.9 cm³/mol. The third kappa shape index (κ3) is 1.34. The van der Waals surface area contributed by atoms with Gasteiger partial charge in [0.1, 0.15) is 0 Å². The average molecular weight is 417 g/mol. The Morgan fingerprint density at radius 2 is 1.53 bits per heavy atom. The summed E-state index contributed by atoms with van der Waals surface area (Å²) in [5.41, 5.74) is 1.93. The Morgan fingerprint density at radius 1 is 1.07 bits per heavy atom. The quantitative estimate of drug-likeness (QED) is 0.498. The van der Waals surface area contributed by atoms with Gasteiger partial charge in [-0.05, 0) is 54.3 Å². The Hall–Kier alpha value is 1.14. The third-order valence-electron chi connectivity index (χ3n) is 4.25. The van der Waals surface area contributed by atoms with Gasteiger partial charge in [-0.1, -0.05) is 43.6 Å². The largest absolute Gasteiger partial charge is 0.121 e. The first-order valence-corrected chi connectivity index (χ1v) is 8.00. The Balaban J connectivity index is 2.55. The van der Waals surface area contributed by atoms with Gasteiger partial charge in [0.2, 0.25) is 0 Å². The van der Waals surface area contributed by atoms with Crippen LogP contribution in [-0.2, 0) is 4.32 Å². The minimum atomic E-state index is 0.0916. The molecule has 1 aromatic heterocycles. The number of hydrogen-bond donors (Lipinski definition) is 0. The Morgan fingerprint density at radius 3 is 1.80 bits per heavy atom. The van der Waals surface area contributed by atoms with E-state index in [1.54, 1.807) is 11.3 Å². The van der Waals surface area contributed by atoms with E-state index in [2.05, 4.69) is 81.6 Å². The van der Waals surface area contributed by atoms with Gasteiger partial charge in [0.05, 0.1) is 11.9 Å². The van der Waals surface area contributed by atoms with Crippen molar-refractivity contribution in [1.82, 2.24) is 0 Å². The summed E-state index contributed by atoms with van der Waals surface area (Å²) in [6, 6.07) is 2.22. The number of halogens is 3. The van der Waals surface area contributed by atoms with Crippen LogP contribution in [0.4, 0.5) is 0 Å². The molecule has 1 aromatic rings. The molecular formula is C11H13Br3S. The van der Waals surface area contributed by atoms with Crippen LogP contribution in [0.25, 0.3) is 0 Å². The van der Waals surface area contributed by atoms with E-state index in [1.807, 2.05) is 0 Å². The predicted octanol–water partition coefficient (Wildman–Crippen LogP) is 5.93. The smallest absolute Gasteiger partial charge is 0.0757 e. The van der Waals surface area contributed by atoms with Crippen LogP contribution in [0.1, 0.15) is 33.3 Å². The monoisotopic (exact) mass is 414 g/mol. The molecule has 0 saturated heterocycles. The van der Waals surface area contributed by atoms with E-state index in [9.17, 15) is 0 Å². The summed E-state index contributed by atoms with van der Waals surface area (Å²) in [7, 11) is 0. The molecule has 2 rings (SSSR count). The summed E-state index contributed by atoms with van der Waals surface area (Å²) in [6.07, 6.45) is 0. The fourth-order valence-corrected chi connectivity index (χ4v) is 7.07. The van der Waals surface area contributed by atoms with Crippen molar-refractivity contribution in [2.24, 2.45) is 10.8 Å².